The normalized spacial score (nSPS) is 12.4. The van der Waals surface area contributed by atoms with Gasteiger partial charge >= 0.3 is 6.43 Å². The fourth-order valence-electron chi connectivity index (χ4n) is 2.70. The van der Waals surface area contributed by atoms with Gasteiger partial charge < -0.3 is 10.2 Å². The molecular weight excluding hydrogens is 387 g/mol. The molecule has 0 saturated heterocycles. The van der Waals surface area contributed by atoms with Gasteiger partial charge in [-0.3, -0.25) is 0 Å². The van der Waals surface area contributed by atoms with E-state index in [1.54, 1.807) is 35.3 Å². The van der Waals surface area contributed by atoms with Crippen LogP contribution in [0.1, 0.15) is 30.8 Å². The van der Waals surface area contributed by atoms with E-state index < -0.39 is 18.1 Å². The zero-order valence-corrected chi connectivity index (χ0v) is 15.0. The van der Waals surface area contributed by atoms with Gasteiger partial charge in [0.1, 0.15) is 17.3 Å². The fourth-order valence-corrected chi connectivity index (χ4v) is 2.70. The molecule has 148 valence electrons. The Hall–Kier alpha value is -3.76. The van der Waals surface area contributed by atoms with Crippen molar-refractivity contribution >= 4 is 5.82 Å². The lowest BCUT2D eigenvalue weighted by Crippen LogP contribution is -2.08. The van der Waals surface area contributed by atoms with Gasteiger partial charge in [0, 0.05) is 11.8 Å². The standard InChI is InChI=1S/C18H14F3N7O/c1-9(28-8-14(24-27-28)11-3-5-15(22)23-7-11)10-2-4-12(13(19)6-10)17-25-26-18(29-17)16(20)21/h2-9,16H,1H3,(H2,22,23). The smallest absolute Gasteiger partial charge is 0.314 e. The predicted octanol–water partition coefficient (Wildman–Crippen LogP) is 3.66. The van der Waals surface area contributed by atoms with E-state index in [4.69, 9.17) is 10.2 Å². The first-order chi connectivity index (χ1) is 13.9. The first-order valence-electron chi connectivity index (χ1n) is 8.47. The highest BCUT2D eigenvalue weighted by Gasteiger charge is 2.20. The number of nitrogen functional groups attached to an aromatic ring is 1. The van der Waals surface area contributed by atoms with E-state index in [0.29, 0.717) is 17.1 Å². The monoisotopic (exact) mass is 401 g/mol. The van der Waals surface area contributed by atoms with Crippen LogP contribution in [-0.2, 0) is 0 Å². The summed E-state index contributed by atoms with van der Waals surface area (Å²) in [4.78, 5) is 4.01. The largest absolute Gasteiger partial charge is 0.415 e. The summed E-state index contributed by atoms with van der Waals surface area (Å²) in [5, 5.41) is 14.9. The highest BCUT2D eigenvalue weighted by Crippen LogP contribution is 2.28. The lowest BCUT2D eigenvalue weighted by Gasteiger charge is -2.12. The lowest BCUT2D eigenvalue weighted by molar-refractivity contribution is 0.116. The van der Waals surface area contributed by atoms with Crippen molar-refractivity contribution in [1.29, 1.82) is 0 Å². The number of alkyl halides is 2. The van der Waals surface area contributed by atoms with Crippen LogP contribution in [-0.4, -0.2) is 30.2 Å². The number of hydrogen-bond donors (Lipinski definition) is 1. The number of anilines is 1. The molecule has 3 aromatic heterocycles. The number of benzene rings is 1. The van der Waals surface area contributed by atoms with Crippen LogP contribution in [0.4, 0.5) is 19.0 Å². The summed E-state index contributed by atoms with van der Waals surface area (Å²) in [6, 6.07) is 7.36. The summed E-state index contributed by atoms with van der Waals surface area (Å²) < 4.78 is 46.1. The molecule has 8 nitrogen and oxygen atoms in total. The molecule has 4 aromatic rings. The Morgan fingerprint density at radius 3 is 2.59 bits per heavy atom. The summed E-state index contributed by atoms with van der Waals surface area (Å²) >= 11 is 0. The molecule has 4 rings (SSSR count). The van der Waals surface area contributed by atoms with E-state index >= 15 is 0 Å². The molecule has 1 unspecified atom stereocenters. The number of nitrogens with zero attached hydrogens (tertiary/aromatic N) is 6. The van der Waals surface area contributed by atoms with E-state index in [-0.39, 0.29) is 17.5 Å². The third-order valence-electron chi connectivity index (χ3n) is 4.32. The Bertz CT molecular complexity index is 1140. The van der Waals surface area contributed by atoms with Crippen LogP contribution in [0.2, 0.25) is 0 Å². The van der Waals surface area contributed by atoms with Crippen molar-refractivity contribution < 1.29 is 17.6 Å². The average Bonchev–Trinajstić information content (AvgIpc) is 3.38. The number of pyridine rings is 1. The van der Waals surface area contributed by atoms with Gasteiger partial charge in [0.25, 0.3) is 11.8 Å². The Labute approximate surface area is 162 Å². The Balaban J connectivity index is 1.58. The van der Waals surface area contributed by atoms with E-state index in [1.807, 2.05) is 6.92 Å². The van der Waals surface area contributed by atoms with Crippen molar-refractivity contribution in [2.45, 2.75) is 19.4 Å². The fraction of sp³-hybridized carbons (Fsp3) is 0.167. The first-order valence-corrected chi connectivity index (χ1v) is 8.47. The average molecular weight is 401 g/mol. The van der Waals surface area contributed by atoms with E-state index in [9.17, 15) is 13.2 Å². The lowest BCUT2D eigenvalue weighted by atomic mass is 10.1. The minimum Gasteiger partial charge on any atom is -0.415 e. The first kappa shape index (κ1) is 18.6. The predicted molar refractivity (Wildman–Crippen MR) is 96.1 cm³/mol. The minimum absolute atomic E-state index is 0.0624. The van der Waals surface area contributed by atoms with Crippen molar-refractivity contribution in [3.8, 4) is 22.7 Å². The molecule has 0 aliphatic heterocycles. The van der Waals surface area contributed by atoms with Crippen molar-refractivity contribution in [1.82, 2.24) is 30.2 Å². The second-order valence-electron chi connectivity index (χ2n) is 6.22. The highest BCUT2D eigenvalue weighted by molar-refractivity contribution is 5.58. The van der Waals surface area contributed by atoms with Gasteiger partial charge in [-0.2, -0.15) is 8.78 Å². The second kappa shape index (κ2) is 7.34. The van der Waals surface area contributed by atoms with E-state index in [0.717, 1.165) is 5.56 Å². The van der Waals surface area contributed by atoms with Gasteiger partial charge in [-0.05, 0) is 36.8 Å². The van der Waals surface area contributed by atoms with Crippen LogP contribution in [0.3, 0.4) is 0 Å². The molecule has 1 aromatic carbocycles. The number of halogens is 3. The van der Waals surface area contributed by atoms with Gasteiger partial charge in [0.05, 0.1) is 17.8 Å². The van der Waals surface area contributed by atoms with Crippen molar-refractivity contribution in [3.05, 3.63) is 60.0 Å². The number of rotatable bonds is 5. The quantitative estimate of drug-likeness (QED) is 0.544. The van der Waals surface area contributed by atoms with Crippen molar-refractivity contribution in [2.75, 3.05) is 5.73 Å². The van der Waals surface area contributed by atoms with Crippen LogP contribution in [0, 0.1) is 5.82 Å². The summed E-state index contributed by atoms with van der Waals surface area (Å²) in [6.07, 6.45) is 0.369. The summed E-state index contributed by atoms with van der Waals surface area (Å²) in [5.41, 5.74) is 7.44. The summed E-state index contributed by atoms with van der Waals surface area (Å²) in [7, 11) is 0. The Kier molecular flexibility index (Phi) is 4.71. The molecule has 0 aliphatic carbocycles. The number of aromatic nitrogens is 6. The maximum absolute atomic E-state index is 14.5. The third kappa shape index (κ3) is 3.66. The van der Waals surface area contributed by atoms with Crippen LogP contribution in [0.25, 0.3) is 22.7 Å². The van der Waals surface area contributed by atoms with Gasteiger partial charge in [0.15, 0.2) is 0 Å². The Morgan fingerprint density at radius 2 is 1.93 bits per heavy atom. The highest BCUT2D eigenvalue weighted by atomic mass is 19.3. The summed E-state index contributed by atoms with van der Waals surface area (Å²) in [5.74, 6) is -1.45. The van der Waals surface area contributed by atoms with E-state index in [2.05, 4.69) is 25.5 Å². The molecular formula is C18H14F3N7O. The molecule has 0 spiro atoms. The zero-order valence-electron chi connectivity index (χ0n) is 15.0. The Morgan fingerprint density at radius 1 is 1.10 bits per heavy atom. The molecule has 1 atom stereocenters. The zero-order chi connectivity index (χ0) is 20.5. The number of hydrogen-bond acceptors (Lipinski definition) is 7. The minimum atomic E-state index is -2.92. The third-order valence-corrected chi connectivity index (χ3v) is 4.32. The van der Waals surface area contributed by atoms with Gasteiger partial charge in [-0.25, -0.2) is 14.1 Å². The maximum Gasteiger partial charge on any atom is 0.314 e. The molecule has 0 saturated carbocycles. The van der Waals surface area contributed by atoms with Crippen LogP contribution in [0.15, 0.2) is 47.1 Å². The molecule has 0 bridgehead atoms. The summed E-state index contributed by atoms with van der Waals surface area (Å²) in [6.45, 7) is 1.82. The van der Waals surface area contributed by atoms with Gasteiger partial charge in [0.2, 0.25) is 0 Å². The SMILES string of the molecule is CC(c1ccc(-c2nnc(C(F)F)o2)c(F)c1)n1cc(-c2ccc(N)nc2)nn1. The molecule has 3 heterocycles. The van der Waals surface area contributed by atoms with Crippen molar-refractivity contribution in [3.63, 3.8) is 0 Å². The van der Waals surface area contributed by atoms with Gasteiger partial charge in [-0.15, -0.1) is 15.3 Å². The van der Waals surface area contributed by atoms with Crippen molar-refractivity contribution in [2.24, 2.45) is 0 Å². The molecule has 0 radical (unpaired) electrons. The number of nitrogens with two attached hydrogens (primary N) is 1. The van der Waals surface area contributed by atoms with Crippen LogP contribution in [0.5, 0.6) is 0 Å². The molecule has 29 heavy (non-hydrogen) atoms. The molecule has 11 heteroatoms. The molecule has 0 fully saturated rings. The maximum atomic E-state index is 14.5. The van der Waals surface area contributed by atoms with E-state index in [1.165, 1.54) is 12.1 Å². The van der Waals surface area contributed by atoms with Crippen LogP contribution < -0.4 is 5.73 Å². The molecule has 2 N–H and O–H groups in total. The van der Waals surface area contributed by atoms with Crippen LogP contribution >= 0.6 is 0 Å². The topological polar surface area (TPSA) is 109 Å². The molecule has 0 amide bonds. The molecule has 0 aliphatic rings. The second-order valence-corrected chi connectivity index (χ2v) is 6.22. The van der Waals surface area contributed by atoms with Gasteiger partial charge in [-0.1, -0.05) is 11.3 Å².